The van der Waals surface area contributed by atoms with Crippen molar-refractivity contribution in [1.29, 1.82) is 10.5 Å². The molecule has 1 rings (SSSR count). The van der Waals surface area contributed by atoms with E-state index in [0.717, 1.165) is 13.2 Å². The molecular formula is C8H14N4. The van der Waals surface area contributed by atoms with Gasteiger partial charge in [0.2, 0.25) is 0 Å². The minimum absolute atomic E-state index is 1.05. The van der Waals surface area contributed by atoms with E-state index in [1.807, 2.05) is 0 Å². The molecule has 0 spiro atoms. The summed E-state index contributed by atoms with van der Waals surface area (Å²) in [4.78, 5) is 4.41. The molecule has 12 heavy (non-hydrogen) atoms. The van der Waals surface area contributed by atoms with Crippen LogP contribution in [0.3, 0.4) is 0 Å². The molecule has 0 aromatic carbocycles. The number of hydrogen-bond acceptors (Lipinski definition) is 4. The number of nitriles is 2. The summed E-state index contributed by atoms with van der Waals surface area (Å²) in [7, 11) is 2.08. The highest BCUT2D eigenvalue weighted by Crippen LogP contribution is 2.00. The van der Waals surface area contributed by atoms with Crippen LogP contribution in [0.4, 0.5) is 0 Å². The van der Waals surface area contributed by atoms with Gasteiger partial charge in [-0.2, -0.15) is 0 Å². The average molecular weight is 166 g/mol. The Kier molecular flexibility index (Phi) is 10.1. The third-order valence-corrected chi connectivity index (χ3v) is 1.34. The van der Waals surface area contributed by atoms with Gasteiger partial charge in [0.15, 0.2) is 0 Å². The zero-order chi connectivity index (χ0) is 9.98. The maximum atomic E-state index is 6.50. The molecule has 0 unspecified atom stereocenters. The number of rotatable bonds is 1. The molecule has 0 aromatic heterocycles. The Morgan fingerprint density at radius 2 is 1.75 bits per heavy atom. The summed E-state index contributed by atoms with van der Waals surface area (Å²) in [6, 6.07) is 0. The number of nitrogens with zero attached hydrogens (tertiary/aromatic N) is 4. The summed E-state index contributed by atoms with van der Waals surface area (Å²) >= 11 is 0. The highest BCUT2D eigenvalue weighted by atomic mass is 15.3. The van der Waals surface area contributed by atoms with Crippen LogP contribution in [0.15, 0.2) is 12.4 Å². The van der Waals surface area contributed by atoms with Gasteiger partial charge in [-0.1, -0.05) is 0 Å². The van der Waals surface area contributed by atoms with Gasteiger partial charge in [0.25, 0.3) is 0 Å². The molecule has 0 atom stereocenters. The zero-order valence-corrected chi connectivity index (χ0v) is 7.51. The Bertz CT molecular complexity index is 153. The summed E-state index contributed by atoms with van der Waals surface area (Å²) in [5.41, 5.74) is 0. The average Bonchev–Trinajstić information content (AvgIpc) is 2.58. The van der Waals surface area contributed by atoms with Gasteiger partial charge in [0, 0.05) is 39.1 Å². The maximum Gasteiger partial charge on any atom is 0.0890 e. The lowest BCUT2D eigenvalue weighted by molar-refractivity contribution is 0.308. The predicted octanol–water partition coefficient (Wildman–Crippen LogP) is 0.962. The largest absolute Gasteiger partial charge is 0.362 e. The summed E-state index contributed by atoms with van der Waals surface area (Å²) in [6.45, 7) is 11.3. The van der Waals surface area contributed by atoms with Crippen molar-refractivity contribution in [3.05, 3.63) is 12.4 Å². The van der Waals surface area contributed by atoms with Crippen LogP contribution in [0.2, 0.25) is 0 Å². The topological polar surface area (TPSA) is 54.1 Å². The Morgan fingerprint density at radius 3 is 1.92 bits per heavy atom. The highest BCUT2D eigenvalue weighted by Gasteiger charge is 2.03. The minimum Gasteiger partial charge on any atom is -0.362 e. The van der Waals surface area contributed by atoms with Gasteiger partial charge >= 0.3 is 0 Å². The van der Waals surface area contributed by atoms with E-state index >= 15 is 0 Å². The van der Waals surface area contributed by atoms with E-state index in [1.54, 1.807) is 0 Å². The van der Waals surface area contributed by atoms with Gasteiger partial charge in [0.1, 0.15) is 0 Å². The quantitative estimate of drug-likeness (QED) is 0.582. The van der Waals surface area contributed by atoms with E-state index in [1.165, 1.54) is 0 Å². The molecule has 0 aromatic rings. The molecule has 0 aliphatic carbocycles. The molecule has 0 saturated heterocycles. The molecule has 0 amide bonds. The molecule has 0 radical (unpaired) electrons. The third kappa shape index (κ3) is 5.13. The number of hydrogen-bond donors (Lipinski definition) is 0. The fourth-order valence-electron chi connectivity index (χ4n) is 0.794. The summed E-state index contributed by atoms with van der Waals surface area (Å²) in [5, 5.41) is 13.0. The van der Waals surface area contributed by atoms with Crippen molar-refractivity contribution in [2.24, 2.45) is 0 Å². The molecule has 0 N–H and O–H groups in total. The van der Waals surface area contributed by atoms with Gasteiger partial charge in [-0.25, -0.2) is 10.5 Å². The predicted molar refractivity (Wildman–Crippen MR) is 47.5 cm³/mol. The molecule has 66 valence electrons. The second-order valence-electron chi connectivity index (χ2n) is 2.10. The van der Waals surface area contributed by atoms with Crippen LogP contribution in [0.25, 0.3) is 0 Å². The molecule has 1 aliphatic rings. The lowest BCUT2D eigenvalue weighted by atomic mass is 10.6. The van der Waals surface area contributed by atoms with Gasteiger partial charge in [0.05, 0.1) is 6.67 Å². The normalized spacial score (nSPS) is 12.5. The lowest BCUT2D eigenvalue weighted by Gasteiger charge is -2.14. The fraction of sp³-hybridized carbons (Fsp3) is 0.500. The summed E-state index contributed by atoms with van der Waals surface area (Å²) in [6.07, 6.45) is 4.20. The molecule has 4 heteroatoms. The Balaban J connectivity index is 0. The van der Waals surface area contributed by atoms with E-state index in [2.05, 4.69) is 49.3 Å². The highest BCUT2D eigenvalue weighted by molar-refractivity contribution is 4.87. The monoisotopic (exact) mass is 166 g/mol. The summed E-state index contributed by atoms with van der Waals surface area (Å²) < 4.78 is 0. The van der Waals surface area contributed by atoms with Crippen LogP contribution in [0, 0.1) is 23.7 Å². The van der Waals surface area contributed by atoms with Crippen molar-refractivity contribution in [2.75, 3.05) is 20.3 Å². The molecule has 1 heterocycles. The maximum absolute atomic E-state index is 6.50. The molecular weight excluding hydrogens is 152 g/mol. The first-order valence-electron chi connectivity index (χ1n) is 3.47. The van der Waals surface area contributed by atoms with Crippen molar-refractivity contribution < 1.29 is 0 Å². The lowest BCUT2D eigenvalue weighted by Crippen LogP contribution is -2.21. The smallest absolute Gasteiger partial charge is 0.0890 e. The Labute approximate surface area is 73.9 Å². The zero-order valence-electron chi connectivity index (χ0n) is 7.51. The van der Waals surface area contributed by atoms with Crippen molar-refractivity contribution in [3.8, 4) is 13.1 Å². The molecule has 1 aliphatic heterocycles. The van der Waals surface area contributed by atoms with E-state index in [0.29, 0.717) is 0 Å². The first-order chi connectivity index (χ1) is 5.83. The van der Waals surface area contributed by atoms with Gasteiger partial charge in [-0.15, -0.1) is 0 Å². The first kappa shape index (κ1) is 12.9. The van der Waals surface area contributed by atoms with Crippen molar-refractivity contribution in [1.82, 2.24) is 9.80 Å². The molecule has 0 saturated carbocycles. The van der Waals surface area contributed by atoms with E-state index in [-0.39, 0.29) is 0 Å². The summed E-state index contributed by atoms with van der Waals surface area (Å²) in [5.74, 6) is 0. The van der Waals surface area contributed by atoms with Crippen LogP contribution < -0.4 is 0 Å². The van der Waals surface area contributed by atoms with Crippen LogP contribution in [0.1, 0.15) is 6.92 Å². The molecule has 0 bridgehead atoms. The van der Waals surface area contributed by atoms with Crippen molar-refractivity contribution in [2.45, 2.75) is 6.92 Å². The molecule has 4 nitrogen and oxygen atoms in total. The van der Waals surface area contributed by atoms with E-state index in [9.17, 15) is 0 Å². The SMILES string of the molecule is C#N.C#N.CCN1C=CN(C)C1. The van der Waals surface area contributed by atoms with E-state index in [4.69, 9.17) is 10.5 Å². The van der Waals surface area contributed by atoms with Crippen LogP contribution >= 0.6 is 0 Å². The molecule has 0 fully saturated rings. The second-order valence-corrected chi connectivity index (χ2v) is 2.10. The van der Waals surface area contributed by atoms with Gasteiger partial charge < -0.3 is 9.80 Å². The van der Waals surface area contributed by atoms with Crippen LogP contribution in [0.5, 0.6) is 0 Å². The third-order valence-electron chi connectivity index (χ3n) is 1.34. The Hall–Kier alpha value is -1.68. The van der Waals surface area contributed by atoms with Crippen molar-refractivity contribution >= 4 is 0 Å². The fourth-order valence-corrected chi connectivity index (χ4v) is 0.794. The second kappa shape index (κ2) is 9.32. The standard InChI is InChI=1S/C6H12N2.2CHN/c1-3-8-5-4-7(2)6-8;2*1-2/h4-5H,3,6H2,1-2H3;2*1H. The van der Waals surface area contributed by atoms with Crippen LogP contribution in [-0.4, -0.2) is 30.1 Å². The first-order valence-corrected chi connectivity index (χ1v) is 3.47. The Morgan fingerprint density at radius 1 is 1.25 bits per heavy atom. The van der Waals surface area contributed by atoms with Gasteiger partial charge in [-0.05, 0) is 6.92 Å². The minimum atomic E-state index is 1.05. The van der Waals surface area contributed by atoms with E-state index < -0.39 is 0 Å². The van der Waals surface area contributed by atoms with Crippen molar-refractivity contribution in [3.63, 3.8) is 0 Å². The van der Waals surface area contributed by atoms with Gasteiger partial charge in [-0.3, -0.25) is 0 Å². The van der Waals surface area contributed by atoms with Crippen LogP contribution in [-0.2, 0) is 0 Å².